The molecule has 0 aliphatic carbocycles. The van der Waals surface area contributed by atoms with Crippen molar-refractivity contribution in [2.24, 2.45) is 0 Å². The molecule has 5 nitrogen and oxygen atoms in total. The van der Waals surface area contributed by atoms with Crippen LogP contribution in [0, 0.1) is 6.92 Å². The van der Waals surface area contributed by atoms with Gasteiger partial charge in [-0.25, -0.2) is 9.69 Å². The number of benzene rings is 1. The molecule has 1 aromatic carbocycles. The van der Waals surface area contributed by atoms with Gasteiger partial charge in [-0.05, 0) is 47.0 Å². The van der Waals surface area contributed by atoms with E-state index in [1.165, 1.54) is 4.90 Å². The van der Waals surface area contributed by atoms with Gasteiger partial charge in [0.15, 0.2) is 0 Å². The van der Waals surface area contributed by atoms with Crippen LogP contribution in [0.3, 0.4) is 0 Å². The number of fused-ring (bicyclic) bond motifs is 1. The second-order valence-electron chi connectivity index (χ2n) is 4.96. The second kappa shape index (κ2) is 4.72. The van der Waals surface area contributed by atoms with Crippen LogP contribution in [0.15, 0.2) is 16.6 Å². The van der Waals surface area contributed by atoms with Gasteiger partial charge in [0.1, 0.15) is 6.04 Å². The molecule has 0 spiro atoms. The van der Waals surface area contributed by atoms with E-state index >= 15 is 0 Å². The zero-order valence-electron chi connectivity index (χ0n) is 10.6. The summed E-state index contributed by atoms with van der Waals surface area (Å²) in [6.07, 6.45) is -0.349. The summed E-state index contributed by atoms with van der Waals surface area (Å²) in [6, 6.07) is 2.23. The number of nitrogens with zero attached hydrogens (tertiary/aromatic N) is 2. The molecule has 2 aliphatic rings. The summed E-state index contributed by atoms with van der Waals surface area (Å²) in [4.78, 5) is 27.3. The Bertz CT molecular complexity index is 622. The topological polar surface area (TPSA) is 60.9 Å². The molecule has 0 aromatic heterocycles. The highest BCUT2D eigenvalue weighted by Crippen LogP contribution is 2.37. The first-order chi connectivity index (χ1) is 9.43. The van der Waals surface area contributed by atoms with Crippen LogP contribution in [0.5, 0.6) is 0 Å². The minimum atomic E-state index is -0.789. The van der Waals surface area contributed by atoms with Crippen molar-refractivity contribution in [3.8, 4) is 0 Å². The summed E-state index contributed by atoms with van der Waals surface area (Å²) in [7, 11) is 0. The lowest BCUT2D eigenvalue weighted by molar-refractivity contribution is -0.121. The number of urea groups is 1. The Morgan fingerprint density at radius 3 is 2.75 bits per heavy atom. The van der Waals surface area contributed by atoms with Crippen molar-refractivity contribution in [2.75, 3.05) is 11.4 Å². The van der Waals surface area contributed by atoms with Gasteiger partial charge in [-0.3, -0.25) is 4.79 Å². The van der Waals surface area contributed by atoms with Crippen LogP contribution in [0.25, 0.3) is 0 Å². The van der Waals surface area contributed by atoms with Crippen LogP contribution in [0.4, 0.5) is 10.5 Å². The number of aliphatic hydroxyl groups excluding tert-OH is 1. The third-order valence-electron chi connectivity index (χ3n) is 3.83. The molecule has 3 rings (SSSR count). The number of hydrogen-bond acceptors (Lipinski definition) is 3. The van der Waals surface area contributed by atoms with Gasteiger partial charge in [-0.1, -0.05) is 11.6 Å². The van der Waals surface area contributed by atoms with Crippen LogP contribution < -0.4 is 4.90 Å². The predicted molar refractivity (Wildman–Crippen MR) is 77.9 cm³/mol. The minimum absolute atomic E-state index is 0.388. The molecule has 3 amide bonds. The molecular formula is C13H12BrClN2O3. The number of rotatable bonds is 1. The predicted octanol–water partition coefficient (Wildman–Crippen LogP) is 2.31. The van der Waals surface area contributed by atoms with Crippen LogP contribution in [0.2, 0.25) is 5.02 Å². The monoisotopic (exact) mass is 358 g/mol. The molecule has 0 bridgehead atoms. The van der Waals surface area contributed by atoms with E-state index in [1.807, 2.05) is 0 Å². The molecule has 1 aromatic rings. The molecule has 106 valence electrons. The number of amides is 3. The lowest BCUT2D eigenvalue weighted by Crippen LogP contribution is -2.36. The van der Waals surface area contributed by atoms with Crippen molar-refractivity contribution in [1.29, 1.82) is 0 Å². The molecule has 7 heteroatoms. The summed E-state index contributed by atoms with van der Waals surface area (Å²) >= 11 is 9.45. The van der Waals surface area contributed by atoms with E-state index in [-0.39, 0.29) is 5.91 Å². The summed E-state index contributed by atoms with van der Waals surface area (Å²) < 4.78 is 0.708. The van der Waals surface area contributed by atoms with Gasteiger partial charge >= 0.3 is 6.03 Å². The van der Waals surface area contributed by atoms with Crippen LogP contribution in [-0.2, 0) is 4.79 Å². The van der Waals surface area contributed by atoms with Crippen LogP contribution in [-0.4, -0.2) is 40.6 Å². The molecule has 2 saturated heterocycles. The van der Waals surface area contributed by atoms with Crippen LogP contribution >= 0.6 is 27.5 Å². The quantitative estimate of drug-likeness (QED) is 0.783. The number of imide groups is 1. The van der Waals surface area contributed by atoms with Gasteiger partial charge in [0, 0.05) is 11.0 Å². The zero-order valence-corrected chi connectivity index (χ0v) is 13.0. The number of halogens is 2. The first kappa shape index (κ1) is 13.9. The van der Waals surface area contributed by atoms with Crippen molar-refractivity contribution in [1.82, 2.24) is 4.90 Å². The maximum Gasteiger partial charge on any atom is 0.332 e. The molecule has 2 atom stereocenters. The Kier molecular flexibility index (Phi) is 3.27. The van der Waals surface area contributed by atoms with Gasteiger partial charge in [-0.15, -0.1) is 0 Å². The van der Waals surface area contributed by atoms with Crippen molar-refractivity contribution in [3.63, 3.8) is 0 Å². The standard InChI is InChI=1S/C13H12BrClN2O3/c1-6-8(3-2-7(14)10(6)15)17-12(19)11-9(18)4-5-16(11)13(17)20/h2-3,9,11,18H,4-5H2,1H3/t9?,11-/m0/s1. The maximum absolute atomic E-state index is 12.4. The maximum atomic E-state index is 12.4. The fraction of sp³-hybridized carbons (Fsp3) is 0.385. The smallest absolute Gasteiger partial charge is 0.332 e. The Balaban J connectivity index is 2.06. The first-order valence-electron chi connectivity index (χ1n) is 6.20. The van der Waals surface area contributed by atoms with E-state index in [0.717, 1.165) is 4.90 Å². The van der Waals surface area contributed by atoms with Crippen molar-refractivity contribution >= 4 is 45.2 Å². The van der Waals surface area contributed by atoms with E-state index in [0.29, 0.717) is 33.7 Å². The molecule has 1 unspecified atom stereocenters. The number of anilines is 1. The molecule has 0 saturated carbocycles. The molecule has 0 radical (unpaired) electrons. The molecule has 1 N–H and O–H groups in total. The Morgan fingerprint density at radius 1 is 1.40 bits per heavy atom. The van der Waals surface area contributed by atoms with E-state index in [1.54, 1.807) is 19.1 Å². The lowest BCUT2D eigenvalue weighted by atomic mass is 10.1. The number of carbonyl (C=O) groups excluding carboxylic acids is 2. The Labute approximate surface area is 129 Å². The highest BCUT2D eigenvalue weighted by Gasteiger charge is 2.52. The lowest BCUT2D eigenvalue weighted by Gasteiger charge is -2.19. The Hall–Kier alpha value is -1.11. The minimum Gasteiger partial charge on any atom is -0.390 e. The number of carbonyl (C=O) groups is 2. The highest BCUT2D eigenvalue weighted by atomic mass is 79.9. The molecule has 2 aliphatic heterocycles. The van der Waals surface area contributed by atoms with E-state index < -0.39 is 18.2 Å². The fourth-order valence-corrected chi connectivity index (χ4v) is 3.34. The van der Waals surface area contributed by atoms with Crippen molar-refractivity contribution in [3.05, 3.63) is 27.2 Å². The molecule has 2 fully saturated rings. The third kappa shape index (κ3) is 1.78. The van der Waals surface area contributed by atoms with Crippen molar-refractivity contribution in [2.45, 2.75) is 25.5 Å². The average Bonchev–Trinajstić information content (AvgIpc) is 2.90. The fourth-order valence-electron chi connectivity index (χ4n) is 2.75. The summed E-state index contributed by atoms with van der Waals surface area (Å²) in [5, 5.41) is 10.3. The average molecular weight is 360 g/mol. The van der Waals surface area contributed by atoms with Crippen LogP contribution in [0.1, 0.15) is 12.0 Å². The molecular weight excluding hydrogens is 348 g/mol. The van der Waals surface area contributed by atoms with E-state index in [2.05, 4.69) is 15.9 Å². The van der Waals surface area contributed by atoms with Gasteiger partial charge in [0.25, 0.3) is 5.91 Å². The summed E-state index contributed by atoms with van der Waals surface area (Å²) in [5.41, 5.74) is 1.12. The summed E-state index contributed by atoms with van der Waals surface area (Å²) in [6.45, 7) is 2.15. The van der Waals surface area contributed by atoms with Gasteiger partial charge < -0.3 is 10.0 Å². The van der Waals surface area contributed by atoms with Gasteiger partial charge in [0.2, 0.25) is 0 Å². The summed E-state index contributed by atoms with van der Waals surface area (Å²) in [5.74, 6) is -0.388. The Morgan fingerprint density at radius 2 is 2.10 bits per heavy atom. The normalized spacial score (nSPS) is 25.6. The SMILES string of the molecule is Cc1c(N2C(=O)[C@@H]3C(O)CCN3C2=O)ccc(Br)c1Cl. The van der Waals surface area contributed by atoms with Gasteiger partial charge in [0.05, 0.1) is 16.8 Å². The largest absolute Gasteiger partial charge is 0.390 e. The number of hydrogen-bond donors (Lipinski definition) is 1. The molecule has 2 heterocycles. The van der Waals surface area contributed by atoms with Gasteiger partial charge in [-0.2, -0.15) is 0 Å². The second-order valence-corrected chi connectivity index (χ2v) is 6.19. The molecule has 20 heavy (non-hydrogen) atoms. The highest BCUT2D eigenvalue weighted by molar-refractivity contribution is 9.10. The number of aliphatic hydroxyl groups is 1. The van der Waals surface area contributed by atoms with Crippen molar-refractivity contribution < 1.29 is 14.7 Å². The zero-order chi connectivity index (χ0) is 14.6. The third-order valence-corrected chi connectivity index (χ3v) is 5.20. The van der Waals surface area contributed by atoms with E-state index in [9.17, 15) is 14.7 Å². The first-order valence-corrected chi connectivity index (χ1v) is 7.38. The van der Waals surface area contributed by atoms with E-state index in [4.69, 9.17) is 11.6 Å².